The van der Waals surface area contributed by atoms with E-state index in [-0.39, 0.29) is 12.4 Å². The molecule has 0 fully saturated rings. The average Bonchev–Trinajstić information content (AvgIpc) is 3.02. The van der Waals surface area contributed by atoms with Crippen LogP contribution in [0.2, 0.25) is 0 Å². The summed E-state index contributed by atoms with van der Waals surface area (Å²) in [4.78, 5) is 16.3. The first-order valence-corrected chi connectivity index (χ1v) is 7.88. The van der Waals surface area contributed by atoms with Crippen molar-refractivity contribution in [2.75, 3.05) is 0 Å². The molecule has 0 radical (unpaired) electrons. The molecule has 3 rings (SSSR count). The normalized spacial score (nSPS) is 11.4. The third kappa shape index (κ3) is 4.30. The molecule has 2 aromatic carbocycles. The van der Waals surface area contributed by atoms with Crippen LogP contribution >= 0.6 is 0 Å². The Balaban J connectivity index is 1.68. The third-order valence-corrected chi connectivity index (χ3v) is 3.78. The van der Waals surface area contributed by atoms with Crippen LogP contribution in [-0.2, 0) is 12.7 Å². The van der Waals surface area contributed by atoms with Crippen molar-refractivity contribution in [1.82, 2.24) is 20.1 Å². The summed E-state index contributed by atoms with van der Waals surface area (Å²) in [6, 6.07) is 10.0. The maximum atomic E-state index is 13.0. The van der Waals surface area contributed by atoms with Crippen molar-refractivity contribution < 1.29 is 22.4 Å². The summed E-state index contributed by atoms with van der Waals surface area (Å²) in [5.74, 6) is -0.630. The van der Waals surface area contributed by atoms with E-state index in [9.17, 15) is 22.4 Å². The quantitative estimate of drug-likeness (QED) is 0.705. The lowest BCUT2D eigenvalue weighted by Gasteiger charge is -2.08. The zero-order chi connectivity index (χ0) is 19.6. The SMILES string of the molecule is Cc1nc(C(=O)NCc2ccc(C(F)(F)F)cc2)nn1-c1ccc(F)cc1. The zero-order valence-electron chi connectivity index (χ0n) is 14.1. The monoisotopic (exact) mass is 378 g/mol. The largest absolute Gasteiger partial charge is 0.416 e. The van der Waals surface area contributed by atoms with Gasteiger partial charge in [-0.3, -0.25) is 4.79 Å². The van der Waals surface area contributed by atoms with Gasteiger partial charge in [-0.15, -0.1) is 5.10 Å². The first-order valence-electron chi connectivity index (χ1n) is 7.88. The smallest absolute Gasteiger partial charge is 0.345 e. The van der Waals surface area contributed by atoms with Crippen molar-refractivity contribution in [3.63, 3.8) is 0 Å². The number of nitrogens with zero attached hydrogens (tertiary/aromatic N) is 3. The van der Waals surface area contributed by atoms with Gasteiger partial charge in [0.2, 0.25) is 5.82 Å². The van der Waals surface area contributed by atoms with E-state index >= 15 is 0 Å². The number of halogens is 4. The van der Waals surface area contributed by atoms with Crippen LogP contribution in [0.1, 0.15) is 27.6 Å². The maximum absolute atomic E-state index is 13.0. The van der Waals surface area contributed by atoms with Crippen LogP contribution in [0.25, 0.3) is 5.69 Å². The first kappa shape index (κ1) is 18.6. The van der Waals surface area contributed by atoms with E-state index in [0.717, 1.165) is 12.1 Å². The molecule has 1 heterocycles. The van der Waals surface area contributed by atoms with E-state index in [2.05, 4.69) is 15.4 Å². The van der Waals surface area contributed by atoms with Gasteiger partial charge in [0.25, 0.3) is 5.91 Å². The standard InChI is InChI=1S/C18H14F4N4O/c1-11-24-16(25-26(11)15-8-6-14(19)7-9-15)17(27)23-10-12-2-4-13(5-3-12)18(20,21)22/h2-9H,10H2,1H3,(H,23,27). The number of aromatic nitrogens is 3. The van der Waals surface area contributed by atoms with Crippen LogP contribution in [-0.4, -0.2) is 20.7 Å². The van der Waals surface area contributed by atoms with Crippen molar-refractivity contribution in [1.29, 1.82) is 0 Å². The highest BCUT2D eigenvalue weighted by atomic mass is 19.4. The van der Waals surface area contributed by atoms with Gasteiger partial charge in [0.05, 0.1) is 11.3 Å². The summed E-state index contributed by atoms with van der Waals surface area (Å²) < 4.78 is 52.1. The molecule has 1 N–H and O–H groups in total. The lowest BCUT2D eigenvalue weighted by molar-refractivity contribution is -0.137. The molecule has 27 heavy (non-hydrogen) atoms. The number of amides is 1. The van der Waals surface area contributed by atoms with Crippen molar-refractivity contribution in [2.24, 2.45) is 0 Å². The molecule has 140 valence electrons. The molecule has 3 aromatic rings. The van der Waals surface area contributed by atoms with E-state index < -0.39 is 23.5 Å². The number of alkyl halides is 3. The fourth-order valence-electron chi connectivity index (χ4n) is 2.39. The second kappa shape index (κ2) is 7.18. The Hall–Kier alpha value is -3.23. The van der Waals surface area contributed by atoms with Gasteiger partial charge in [0.1, 0.15) is 11.6 Å². The summed E-state index contributed by atoms with van der Waals surface area (Å²) in [6.07, 6.45) is -4.41. The van der Waals surface area contributed by atoms with Crippen LogP contribution in [0.3, 0.4) is 0 Å². The lowest BCUT2D eigenvalue weighted by Crippen LogP contribution is -2.24. The van der Waals surface area contributed by atoms with Crippen LogP contribution in [0.5, 0.6) is 0 Å². The van der Waals surface area contributed by atoms with Crippen molar-refractivity contribution in [3.8, 4) is 5.69 Å². The minimum Gasteiger partial charge on any atom is -0.345 e. The molecule has 0 aliphatic rings. The topological polar surface area (TPSA) is 59.8 Å². The van der Waals surface area contributed by atoms with Gasteiger partial charge in [-0.25, -0.2) is 14.1 Å². The second-order valence-electron chi connectivity index (χ2n) is 5.75. The number of benzene rings is 2. The van der Waals surface area contributed by atoms with Crippen LogP contribution in [0, 0.1) is 12.7 Å². The summed E-state index contributed by atoms with van der Waals surface area (Å²) in [5, 5.41) is 6.65. The summed E-state index contributed by atoms with van der Waals surface area (Å²) >= 11 is 0. The number of carbonyl (C=O) groups is 1. The van der Waals surface area contributed by atoms with Gasteiger partial charge in [-0.2, -0.15) is 13.2 Å². The number of carbonyl (C=O) groups excluding carboxylic acids is 1. The summed E-state index contributed by atoms with van der Waals surface area (Å²) in [7, 11) is 0. The van der Waals surface area contributed by atoms with Gasteiger partial charge in [-0.1, -0.05) is 12.1 Å². The zero-order valence-corrected chi connectivity index (χ0v) is 14.1. The predicted molar refractivity (Wildman–Crippen MR) is 88.7 cm³/mol. The molecule has 0 saturated heterocycles. The van der Waals surface area contributed by atoms with E-state index in [1.807, 2.05) is 0 Å². The molecule has 0 unspecified atom stereocenters. The van der Waals surface area contributed by atoms with Crippen LogP contribution in [0.15, 0.2) is 48.5 Å². The molecule has 0 aliphatic carbocycles. The third-order valence-electron chi connectivity index (χ3n) is 3.78. The van der Waals surface area contributed by atoms with Gasteiger partial charge in [0.15, 0.2) is 0 Å². The second-order valence-corrected chi connectivity index (χ2v) is 5.75. The molecular weight excluding hydrogens is 364 g/mol. The number of hydrogen-bond donors (Lipinski definition) is 1. The predicted octanol–water partition coefficient (Wildman–Crippen LogP) is 3.66. The molecular formula is C18H14F4N4O. The molecule has 9 heteroatoms. The van der Waals surface area contributed by atoms with E-state index in [1.165, 1.54) is 41.1 Å². The van der Waals surface area contributed by atoms with E-state index in [4.69, 9.17) is 0 Å². The fraction of sp³-hybridized carbons (Fsp3) is 0.167. The molecule has 1 amide bonds. The highest BCUT2D eigenvalue weighted by molar-refractivity contribution is 5.90. The molecule has 0 spiro atoms. The summed E-state index contributed by atoms with van der Waals surface area (Å²) in [5.41, 5.74) is 0.294. The first-order chi connectivity index (χ1) is 12.7. The number of aryl methyl sites for hydroxylation is 1. The minimum atomic E-state index is -4.41. The average molecular weight is 378 g/mol. The van der Waals surface area contributed by atoms with Crippen molar-refractivity contribution in [3.05, 3.63) is 77.1 Å². The molecule has 0 saturated carbocycles. The highest BCUT2D eigenvalue weighted by Crippen LogP contribution is 2.29. The summed E-state index contributed by atoms with van der Waals surface area (Å²) in [6.45, 7) is 1.67. The number of nitrogens with one attached hydrogen (secondary N) is 1. The lowest BCUT2D eigenvalue weighted by atomic mass is 10.1. The Morgan fingerprint density at radius 1 is 1.07 bits per heavy atom. The van der Waals surface area contributed by atoms with Gasteiger partial charge < -0.3 is 5.32 Å². The maximum Gasteiger partial charge on any atom is 0.416 e. The van der Waals surface area contributed by atoms with E-state index in [0.29, 0.717) is 17.1 Å². The van der Waals surface area contributed by atoms with Gasteiger partial charge >= 0.3 is 6.18 Å². The Labute approximate surface area is 151 Å². The molecule has 1 aromatic heterocycles. The Bertz CT molecular complexity index is 947. The van der Waals surface area contributed by atoms with Crippen molar-refractivity contribution in [2.45, 2.75) is 19.6 Å². The van der Waals surface area contributed by atoms with Crippen LogP contribution in [0.4, 0.5) is 17.6 Å². The molecule has 0 atom stereocenters. The van der Waals surface area contributed by atoms with Gasteiger partial charge in [-0.05, 0) is 48.9 Å². The van der Waals surface area contributed by atoms with Gasteiger partial charge in [0, 0.05) is 6.54 Å². The van der Waals surface area contributed by atoms with E-state index in [1.54, 1.807) is 6.92 Å². The Kier molecular flexibility index (Phi) is 4.93. The Morgan fingerprint density at radius 3 is 2.30 bits per heavy atom. The fourth-order valence-corrected chi connectivity index (χ4v) is 2.39. The number of rotatable bonds is 4. The van der Waals surface area contributed by atoms with Crippen LogP contribution < -0.4 is 5.32 Å². The molecule has 0 aliphatic heterocycles. The Morgan fingerprint density at radius 2 is 1.70 bits per heavy atom. The highest BCUT2D eigenvalue weighted by Gasteiger charge is 2.29. The molecule has 0 bridgehead atoms. The number of hydrogen-bond acceptors (Lipinski definition) is 3. The van der Waals surface area contributed by atoms with Crippen molar-refractivity contribution >= 4 is 5.91 Å². The minimum absolute atomic E-state index is 0.0289. The molecule has 5 nitrogen and oxygen atoms in total.